The summed E-state index contributed by atoms with van der Waals surface area (Å²) in [5, 5.41) is 15.9. The number of hydrogen-bond acceptors (Lipinski definition) is 6. The fraction of sp³-hybridized carbons (Fsp3) is 0.167. The Morgan fingerprint density at radius 1 is 1.04 bits per heavy atom. The first-order chi connectivity index (χ1) is 12.8. The first kappa shape index (κ1) is 19.6. The number of nitrogens with zero attached hydrogens (tertiary/aromatic N) is 1. The number of benzene rings is 2. The molecule has 2 aromatic rings. The van der Waals surface area contributed by atoms with Crippen LogP contribution in [0.5, 0.6) is 0 Å². The van der Waals surface area contributed by atoms with E-state index in [0.29, 0.717) is 11.4 Å². The zero-order valence-electron chi connectivity index (χ0n) is 14.6. The minimum absolute atomic E-state index is 0.0245. The van der Waals surface area contributed by atoms with Gasteiger partial charge in [0.25, 0.3) is 11.6 Å². The lowest BCUT2D eigenvalue weighted by Crippen LogP contribution is -2.30. The third-order valence-corrected chi connectivity index (χ3v) is 3.42. The number of hydrogen-bond donors (Lipinski definition) is 2. The summed E-state index contributed by atoms with van der Waals surface area (Å²) in [5.41, 5.74) is 0.752. The predicted octanol–water partition coefficient (Wildman–Crippen LogP) is 2.74. The Hall–Kier alpha value is -3.75. The molecule has 0 aliphatic heterocycles. The van der Waals surface area contributed by atoms with Crippen LogP contribution in [0.3, 0.4) is 0 Å². The van der Waals surface area contributed by atoms with E-state index in [-0.39, 0.29) is 17.2 Å². The molecule has 2 rings (SSSR count). The minimum Gasteiger partial charge on any atom is -0.449 e. The van der Waals surface area contributed by atoms with Gasteiger partial charge in [-0.1, -0.05) is 6.07 Å². The molecule has 0 radical (unpaired) electrons. The fourth-order valence-electron chi connectivity index (χ4n) is 2.11. The number of rotatable bonds is 6. The second-order valence-corrected chi connectivity index (χ2v) is 5.60. The molecule has 0 spiro atoms. The highest BCUT2D eigenvalue weighted by molar-refractivity contribution is 5.97. The van der Waals surface area contributed by atoms with Gasteiger partial charge in [-0.15, -0.1) is 0 Å². The van der Waals surface area contributed by atoms with Gasteiger partial charge in [0.1, 0.15) is 0 Å². The van der Waals surface area contributed by atoms with Crippen molar-refractivity contribution in [1.29, 1.82) is 0 Å². The lowest BCUT2D eigenvalue weighted by Gasteiger charge is -2.14. The number of ether oxygens (including phenoxy) is 1. The first-order valence-corrected chi connectivity index (χ1v) is 7.90. The van der Waals surface area contributed by atoms with Crippen LogP contribution in [0.15, 0.2) is 48.5 Å². The van der Waals surface area contributed by atoms with E-state index in [1.807, 2.05) is 0 Å². The van der Waals surface area contributed by atoms with Crippen LogP contribution < -0.4 is 10.6 Å². The van der Waals surface area contributed by atoms with Crippen molar-refractivity contribution in [3.8, 4) is 0 Å². The lowest BCUT2D eigenvalue weighted by atomic mass is 10.2. The van der Waals surface area contributed by atoms with Crippen molar-refractivity contribution in [2.24, 2.45) is 0 Å². The van der Waals surface area contributed by atoms with E-state index in [1.54, 1.807) is 24.3 Å². The Morgan fingerprint density at radius 3 is 2.19 bits per heavy atom. The van der Waals surface area contributed by atoms with Gasteiger partial charge in [-0.3, -0.25) is 19.7 Å². The molecule has 1 atom stereocenters. The Labute approximate surface area is 154 Å². The molecule has 0 aromatic heterocycles. The molecule has 140 valence electrons. The highest BCUT2D eigenvalue weighted by atomic mass is 16.6. The van der Waals surface area contributed by atoms with E-state index < -0.39 is 22.9 Å². The molecule has 27 heavy (non-hydrogen) atoms. The van der Waals surface area contributed by atoms with Gasteiger partial charge in [0.15, 0.2) is 6.10 Å². The molecule has 0 aliphatic rings. The molecule has 0 saturated heterocycles. The predicted molar refractivity (Wildman–Crippen MR) is 97.3 cm³/mol. The summed E-state index contributed by atoms with van der Waals surface area (Å²) >= 11 is 0. The second-order valence-electron chi connectivity index (χ2n) is 5.60. The third kappa shape index (κ3) is 5.63. The highest BCUT2D eigenvalue weighted by Crippen LogP contribution is 2.16. The Kier molecular flexibility index (Phi) is 6.21. The van der Waals surface area contributed by atoms with Crippen molar-refractivity contribution in [2.75, 3.05) is 10.6 Å². The van der Waals surface area contributed by atoms with Gasteiger partial charge in [-0.05, 0) is 37.3 Å². The molecule has 0 bridgehead atoms. The first-order valence-electron chi connectivity index (χ1n) is 7.90. The number of nitro benzene ring substituents is 1. The van der Waals surface area contributed by atoms with Crippen molar-refractivity contribution in [1.82, 2.24) is 0 Å². The van der Waals surface area contributed by atoms with Crippen LogP contribution in [0.1, 0.15) is 24.2 Å². The van der Waals surface area contributed by atoms with Crippen molar-refractivity contribution in [3.05, 3.63) is 64.2 Å². The average Bonchev–Trinajstić information content (AvgIpc) is 2.62. The van der Waals surface area contributed by atoms with Crippen LogP contribution in [0.25, 0.3) is 0 Å². The van der Waals surface area contributed by atoms with Gasteiger partial charge in [0, 0.05) is 30.4 Å². The van der Waals surface area contributed by atoms with Crippen LogP contribution in [-0.2, 0) is 14.3 Å². The largest absolute Gasteiger partial charge is 0.449 e. The Morgan fingerprint density at radius 2 is 1.63 bits per heavy atom. The maximum atomic E-state index is 12.2. The number of carbonyl (C=O) groups excluding carboxylic acids is 3. The second kappa shape index (κ2) is 8.56. The number of nitrogens with one attached hydrogen (secondary N) is 2. The third-order valence-electron chi connectivity index (χ3n) is 3.42. The highest BCUT2D eigenvalue weighted by Gasteiger charge is 2.20. The topological polar surface area (TPSA) is 128 Å². The maximum absolute atomic E-state index is 12.2. The normalized spacial score (nSPS) is 11.2. The quantitative estimate of drug-likeness (QED) is 0.456. The summed E-state index contributed by atoms with van der Waals surface area (Å²) in [5.74, 6) is -1.63. The summed E-state index contributed by atoms with van der Waals surface area (Å²) in [6, 6.07) is 11.4. The monoisotopic (exact) mass is 371 g/mol. The van der Waals surface area contributed by atoms with E-state index in [2.05, 4.69) is 10.6 Å². The van der Waals surface area contributed by atoms with Crippen LogP contribution in [0.2, 0.25) is 0 Å². The maximum Gasteiger partial charge on any atom is 0.339 e. The molecule has 0 aliphatic carbocycles. The van der Waals surface area contributed by atoms with Crippen molar-refractivity contribution in [3.63, 3.8) is 0 Å². The molecule has 0 heterocycles. The molecule has 9 nitrogen and oxygen atoms in total. The summed E-state index contributed by atoms with van der Waals surface area (Å²) in [6.07, 6.45) is -1.12. The SMILES string of the molecule is CC(=O)Nc1ccc(NC(=O)C(C)OC(=O)c2cccc([N+](=O)[O-])c2)cc1. The number of amides is 2. The summed E-state index contributed by atoms with van der Waals surface area (Å²) < 4.78 is 5.05. The minimum atomic E-state index is -1.12. The zero-order chi connectivity index (χ0) is 20.0. The molecule has 2 amide bonds. The molecular formula is C18H17N3O6. The molecular weight excluding hydrogens is 354 g/mol. The van der Waals surface area contributed by atoms with Gasteiger partial charge >= 0.3 is 5.97 Å². The number of nitro groups is 1. The number of esters is 1. The molecule has 2 aromatic carbocycles. The molecule has 0 fully saturated rings. The van der Waals surface area contributed by atoms with E-state index in [4.69, 9.17) is 4.74 Å². The average molecular weight is 371 g/mol. The van der Waals surface area contributed by atoms with Crippen molar-refractivity contribution < 1.29 is 24.0 Å². The number of carbonyl (C=O) groups is 3. The van der Waals surface area contributed by atoms with Crippen LogP contribution in [0, 0.1) is 10.1 Å². The van der Waals surface area contributed by atoms with Gasteiger partial charge in [-0.25, -0.2) is 4.79 Å². The van der Waals surface area contributed by atoms with Crippen molar-refractivity contribution in [2.45, 2.75) is 20.0 Å². The van der Waals surface area contributed by atoms with Gasteiger partial charge in [0.2, 0.25) is 5.91 Å². The van der Waals surface area contributed by atoms with Gasteiger partial charge in [-0.2, -0.15) is 0 Å². The number of anilines is 2. The van der Waals surface area contributed by atoms with Gasteiger partial charge < -0.3 is 15.4 Å². The van der Waals surface area contributed by atoms with E-state index in [1.165, 1.54) is 32.0 Å². The Balaban J connectivity index is 1.96. The molecule has 0 saturated carbocycles. The van der Waals surface area contributed by atoms with E-state index >= 15 is 0 Å². The van der Waals surface area contributed by atoms with Crippen molar-refractivity contribution >= 4 is 34.8 Å². The van der Waals surface area contributed by atoms with Crippen LogP contribution in [-0.4, -0.2) is 28.8 Å². The Bertz CT molecular complexity index is 879. The molecule has 2 N–H and O–H groups in total. The van der Waals surface area contributed by atoms with Crippen LogP contribution >= 0.6 is 0 Å². The summed E-state index contributed by atoms with van der Waals surface area (Å²) in [7, 11) is 0. The van der Waals surface area contributed by atoms with Crippen LogP contribution in [0.4, 0.5) is 17.1 Å². The fourth-order valence-corrected chi connectivity index (χ4v) is 2.11. The number of non-ortho nitro benzene ring substituents is 1. The smallest absolute Gasteiger partial charge is 0.339 e. The molecule has 9 heteroatoms. The zero-order valence-corrected chi connectivity index (χ0v) is 14.6. The lowest BCUT2D eigenvalue weighted by molar-refractivity contribution is -0.384. The molecule has 1 unspecified atom stereocenters. The van der Waals surface area contributed by atoms with E-state index in [0.717, 1.165) is 6.07 Å². The summed E-state index contributed by atoms with van der Waals surface area (Å²) in [6.45, 7) is 2.77. The summed E-state index contributed by atoms with van der Waals surface area (Å²) in [4.78, 5) is 45.3. The standard InChI is InChI=1S/C18H17N3O6/c1-11(27-18(24)13-4-3-5-16(10-13)21(25)26)17(23)20-15-8-6-14(7-9-15)19-12(2)22/h3-11H,1-2H3,(H,19,22)(H,20,23). The van der Waals surface area contributed by atoms with E-state index in [9.17, 15) is 24.5 Å². The van der Waals surface area contributed by atoms with Gasteiger partial charge in [0.05, 0.1) is 10.5 Å².